The van der Waals surface area contributed by atoms with Gasteiger partial charge in [-0.1, -0.05) is 78.9 Å². The molecule has 1 aliphatic heterocycles. The summed E-state index contributed by atoms with van der Waals surface area (Å²) >= 11 is 6.24. The maximum Gasteiger partial charge on any atom is 0.246 e. The van der Waals surface area contributed by atoms with Crippen molar-refractivity contribution >= 4 is 29.1 Å². The van der Waals surface area contributed by atoms with Gasteiger partial charge in [-0.05, 0) is 48.7 Å². The van der Waals surface area contributed by atoms with Crippen LogP contribution in [0.1, 0.15) is 30.4 Å². The fourth-order valence-electron chi connectivity index (χ4n) is 5.77. The Kier molecular flexibility index (Phi) is 6.19. The largest absolute Gasteiger partial charge is 0.504 e. The van der Waals surface area contributed by atoms with E-state index in [-0.39, 0.29) is 17.6 Å². The third-order valence-corrected chi connectivity index (χ3v) is 7.43. The zero-order chi connectivity index (χ0) is 25.4. The number of benzene rings is 3. The van der Waals surface area contributed by atoms with Gasteiger partial charge in [0, 0.05) is 16.5 Å². The number of allylic oxidation sites excluding steroid dienone is 3. The third kappa shape index (κ3) is 3.46. The topological polar surface area (TPSA) is 66.8 Å². The van der Waals surface area contributed by atoms with Crippen LogP contribution in [0.5, 0.6) is 11.5 Å². The van der Waals surface area contributed by atoms with E-state index in [1.54, 1.807) is 48.5 Å². The molecule has 2 aliphatic rings. The second-order valence-corrected chi connectivity index (χ2v) is 9.39. The first-order valence-electron chi connectivity index (χ1n) is 11.9. The van der Waals surface area contributed by atoms with E-state index in [1.807, 2.05) is 43.3 Å². The lowest BCUT2D eigenvalue weighted by Gasteiger charge is -2.43. The minimum absolute atomic E-state index is 0.0467. The number of phenolic OH excluding ortho intramolecular Hbond substituents is 1. The zero-order valence-corrected chi connectivity index (χ0v) is 20.6. The number of anilines is 1. The van der Waals surface area contributed by atoms with Crippen LogP contribution in [0, 0.1) is 5.92 Å². The molecular weight excluding hydrogens is 474 g/mol. The molecule has 0 saturated carbocycles. The number of imide groups is 1. The van der Waals surface area contributed by atoms with Crippen molar-refractivity contribution in [2.24, 2.45) is 5.92 Å². The van der Waals surface area contributed by atoms with Crippen molar-refractivity contribution in [3.05, 3.63) is 113 Å². The average Bonchev–Trinajstić information content (AvgIpc) is 3.12. The number of phenols is 1. The smallest absolute Gasteiger partial charge is 0.246 e. The first-order valence-corrected chi connectivity index (χ1v) is 12.3. The predicted molar refractivity (Wildman–Crippen MR) is 140 cm³/mol. The molecular formula is C30H26ClNO4. The molecule has 3 aromatic rings. The maximum absolute atomic E-state index is 14.6. The summed E-state index contributed by atoms with van der Waals surface area (Å²) in [4.78, 5) is 29.9. The van der Waals surface area contributed by atoms with E-state index in [0.29, 0.717) is 40.6 Å². The predicted octanol–water partition coefficient (Wildman–Crippen LogP) is 6.17. The SMILES string of the molecule is C=CC1=CCC2C(=O)N(c3cccc(Cl)c3)C(=O)C2(c2ccccc2)C1c1cccc(OCC)c1O. The average molecular weight is 500 g/mol. The molecule has 1 heterocycles. The van der Waals surface area contributed by atoms with Crippen LogP contribution in [0.25, 0.3) is 0 Å². The molecule has 182 valence electrons. The highest BCUT2D eigenvalue weighted by molar-refractivity contribution is 6.32. The second-order valence-electron chi connectivity index (χ2n) is 8.95. The van der Waals surface area contributed by atoms with Gasteiger partial charge in [-0.15, -0.1) is 0 Å². The van der Waals surface area contributed by atoms with E-state index in [0.717, 1.165) is 5.57 Å². The molecule has 1 fully saturated rings. The fourth-order valence-corrected chi connectivity index (χ4v) is 5.95. The Hall–Kier alpha value is -3.83. The highest BCUT2D eigenvalue weighted by Gasteiger charge is 2.66. The van der Waals surface area contributed by atoms with Crippen LogP contribution in [0.2, 0.25) is 5.02 Å². The lowest BCUT2D eigenvalue weighted by Crippen LogP contribution is -2.48. The number of para-hydroxylation sites is 1. The van der Waals surface area contributed by atoms with Crippen molar-refractivity contribution in [3.8, 4) is 11.5 Å². The zero-order valence-electron chi connectivity index (χ0n) is 19.9. The Morgan fingerprint density at radius 2 is 1.86 bits per heavy atom. The number of carbonyl (C=O) groups is 2. The van der Waals surface area contributed by atoms with Crippen molar-refractivity contribution in [2.75, 3.05) is 11.5 Å². The van der Waals surface area contributed by atoms with E-state index in [2.05, 4.69) is 6.58 Å². The van der Waals surface area contributed by atoms with Crippen LogP contribution in [-0.4, -0.2) is 23.5 Å². The summed E-state index contributed by atoms with van der Waals surface area (Å²) < 4.78 is 5.67. The van der Waals surface area contributed by atoms with Crippen LogP contribution >= 0.6 is 11.6 Å². The molecule has 0 radical (unpaired) electrons. The first kappa shape index (κ1) is 23.9. The van der Waals surface area contributed by atoms with E-state index in [4.69, 9.17) is 16.3 Å². The normalized spacial score (nSPS) is 23.3. The number of nitrogens with zero attached hydrogens (tertiary/aromatic N) is 1. The molecule has 0 spiro atoms. The van der Waals surface area contributed by atoms with Gasteiger partial charge in [-0.25, -0.2) is 4.90 Å². The quantitative estimate of drug-likeness (QED) is 0.412. The molecule has 2 amide bonds. The second kappa shape index (κ2) is 9.32. The molecule has 3 aromatic carbocycles. The monoisotopic (exact) mass is 499 g/mol. The molecule has 0 bridgehead atoms. The third-order valence-electron chi connectivity index (χ3n) is 7.20. The number of amides is 2. The summed E-state index contributed by atoms with van der Waals surface area (Å²) in [6.07, 6.45) is 4.02. The molecule has 5 nitrogen and oxygen atoms in total. The van der Waals surface area contributed by atoms with E-state index in [9.17, 15) is 14.7 Å². The van der Waals surface area contributed by atoms with E-state index >= 15 is 0 Å². The lowest BCUT2D eigenvalue weighted by atomic mass is 9.56. The van der Waals surface area contributed by atoms with E-state index in [1.165, 1.54) is 4.90 Å². The van der Waals surface area contributed by atoms with Crippen molar-refractivity contribution < 1.29 is 19.4 Å². The number of fused-ring (bicyclic) bond motifs is 1. The Morgan fingerprint density at radius 3 is 2.56 bits per heavy atom. The molecule has 1 aliphatic carbocycles. The summed E-state index contributed by atoms with van der Waals surface area (Å²) in [6.45, 7) is 6.22. The summed E-state index contributed by atoms with van der Waals surface area (Å²) in [5, 5.41) is 11.8. The maximum atomic E-state index is 14.6. The Morgan fingerprint density at radius 1 is 1.11 bits per heavy atom. The number of hydrogen-bond donors (Lipinski definition) is 1. The van der Waals surface area contributed by atoms with Gasteiger partial charge in [-0.3, -0.25) is 9.59 Å². The molecule has 1 saturated heterocycles. The summed E-state index contributed by atoms with van der Waals surface area (Å²) in [7, 11) is 0. The number of hydrogen-bond acceptors (Lipinski definition) is 4. The van der Waals surface area contributed by atoms with Crippen LogP contribution in [0.3, 0.4) is 0 Å². The minimum Gasteiger partial charge on any atom is -0.504 e. The highest BCUT2D eigenvalue weighted by atomic mass is 35.5. The number of rotatable bonds is 6. The Balaban J connectivity index is 1.82. The number of ether oxygens (including phenoxy) is 1. The summed E-state index contributed by atoms with van der Waals surface area (Å²) in [5.41, 5.74) is 1.11. The van der Waals surface area contributed by atoms with Gasteiger partial charge in [0.15, 0.2) is 11.5 Å². The minimum atomic E-state index is -1.30. The van der Waals surface area contributed by atoms with Crippen molar-refractivity contribution in [1.29, 1.82) is 0 Å². The van der Waals surface area contributed by atoms with Crippen LogP contribution in [0.15, 0.2) is 97.1 Å². The Bertz CT molecular complexity index is 1380. The molecule has 3 atom stereocenters. The van der Waals surface area contributed by atoms with Crippen LogP contribution in [0.4, 0.5) is 5.69 Å². The number of carbonyl (C=O) groups excluding carboxylic acids is 2. The Labute approximate surface area is 215 Å². The number of aromatic hydroxyl groups is 1. The molecule has 0 aromatic heterocycles. The highest BCUT2D eigenvalue weighted by Crippen LogP contribution is 2.59. The lowest BCUT2D eigenvalue weighted by molar-refractivity contribution is -0.123. The van der Waals surface area contributed by atoms with Gasteiger partial charge >= 0.3 is 0 Å². The van der Waals surface area contributed by atoms with Gasteiger partial charge in [0.25, 0.3) is 0 Å². The molecule has 5 rings (SSSR count). The molecule has 1 N–H and O–H groups in total. The molecule has 6 heteroatoms. The van der Waals surface area contributed by atoms with Gasteiger partial charge in [0.05, 0.1) is 23.6 Å². The van der Waals surface area contributed by atoms with Crippen molar-refractivity contribution in [2.45, 2.75) is 24.7 Å². The standard InChI is InChI=1S/C30H26ClNO4/c1-3-19-16-17-24-28(34)32(22-13-8-12-21(31)18-22)29(35)30(24,20-10-6-5-7-11-20)26(19)23-14-9-15-25(27(23)33)36-4-2/h3,5-16,18,24,26,33H,1,4,17H2,2H3. The van der Waals surface area contributed by atoms with Crippen molar-refractivity contribution in [3.63, 3.8) is 0 Å². The first-order chi connectivity index (χ1) is 17.4. The number of halogens is 1. The summed E-state index contributed by atoms with van der Waals surface area (Å²) in [5.74, 6) is -1.73. The van der Waals surface area contributed by atoms with E-state index < -0.39 is 17.3 Å². The van der Waals surface area contributed by atoms with Gasteiger partial charge < -0.3 is 9.84 Å². The molecule has 3 unspecified atom stereocenters. The van der Waals surface area contributed by atoms with Crippen LogP contribution < -0.4 is 9.64 Å². The van der Waals surface area contributed by atoms with Gasteiger partial charge in [-0.2, -0.15) is 0 Å². The van der Waals surface area contributed by atoms with Crippen LogP contribution in [-0.2, 0) is 15.0 Å². The van der Waals surface area contributed by atoms with Crippen molar-refractivity contribution in [1.82, 2.24) is 0 Å². The van der Waals surface area contributed by atoms with Gasteiger partial charge in [0.1, 0.15) is 0 Å². The fraction of sp³-hybridized carbons (Fsp3) is 0.200. The molecule has 36 heavy (non-hydrogen) atoms. The summed E-state index contributed by atoms with van der Waals surface area (Å²) in [6, 6.07) is 21.4. The van der Waals surface area contributed by atoms with Gasteiger partial charge in [0.2, 0.25) is 11.8 Å².